The molecule has 2 N–H and O–H groups in total. The van der Waals surface area contributed by atoms with Gasteiger partial charge in [0.1, 0.15) is 11.3 Å². The molecule has 3 aromatic rings. The van der Waals surface area contributed by atoms with Crippen molar-refractivity contribution in [1.82, 2.24) is 9.97 Å². The Balaban J connectivity index is 2.01. The topological polar surface area (TPSA) is 86.6 Å². The molecule has 0 radical (unpaired) electrons. The number of carboxylic acid groups (broad SMARTS) is 1. The molecule has 6 nitrogen and oxygen atoms in total. The van der Waals surface area contributed by atoms with Gasteiger partial charge in [0.2, 0.25) is 0 Å². The summed E-state index contributed by atoms with van der Waals surface area (Å²) in [5, 5.41) is 20.6. The van der Waals surface area contributed by atoms with Crippen LogP contribution < -0.4 is 4.90 Å². The Bertz CT molecular complexity index is 1070. The maximum absolute atomic E-state index is 11.8. The number of aliphatic hydroxyl groups is 1. The highest BCUT2D eigenvalue weighted by atomic mass is 16.4. The zero-order chi connectivity index (χ0) is 20.8. The van der Waals surface area contributed by atoms with Gasteiger partial charge in [-0.1, -0.05) is 59.7 Å². The van der Waals surface area contributed by atoms with E-state index < -0.39 is 11.7 Å². The van der Waals surface area contributed by atoms with Gasteiger partial charge in [-0.25, -0.2) is 14.8 Å². The zero-order valence-electron chi connectivity index (χ0n) is 16.7. The van der Waals surface area contributed by atoms with E-state index in [0.717, 1.165) is 27.2 Å². The van der Waals surface area contributed by atoms with Crippen LogP contribution in [0.2, 0.25) is 0 Å². The Morgan fingerprint density at radius 2 is 1.41 bits per heavy atom. The second-order valence-corrected chi connectivity index (χ2v) is 7.78. The number of fused-ring (bicyclic) bond motifs is 1. The number of hydrogen-bond acceptors (Lipinski definition) is 4. The molecule has 0 spiro atoms. The number of aryl methyl sites for hydroxylation is 2. The van der Waals surface area contributed by atoms with Gasteiger partial charge < -0.3 is 10.2 Å². The zero-order valence-corrected chi connectivity index (χ0v) is 16.7. The van der Waals surface area contributed by atoms with Crippen molar-refractivity contribution in [3.63, 3.8) is 0 Å². The summed E-state index contributed by atoms with van der Waals surface area (Å²) in [6.07, 6.45) is -0.841. The van der Waals surface area contributed by atoms with Gasteiger partial charge in [-0.3, -0.25) is 4.90 Å². The van der Waals surface area contributed by atoms with Crippen LogP contribution in [0, 0.1) is 13.8 Å². The Labute approximate surface area is 169 Å². The lowest BCUT2D eigenvalue weighted by Crippen LogP contribution is -2.43. The summed E-state index contributed by atoms with van der Waals surface area (Å²) in [6, 6.07) is 15.8. The lowest BCUT2D eigenvalue weighted by atomic mass is 9.92. The number of amides is 1. The van der Waals surface area contributed by atoms with Gasteiger partial charge in [0.05, 0.1) is 11.4 Å². The average molecular weight is 389 g/mol. The first-order chi connectivity index (χ1) is 13.8. The predicted octanol–water partition coefficient (Wildman–Crippen LogP) is 4.52. The van der Waals surface area contributed by atoms with Gasteiger partial charge in [-0.15, -0.1) is 0 Å². The second kappa shape index (κ2) is 6.97. The van der Waals surface area contributed by atoms with E-state index in [0.29, 0.717) is 11.4 Å². The number of carbonyl (C=O) groups is 1. The van der Waals surface area contributed by atoms with Crippen molar-refractivity contribution in [2.45, 2.75) is 32.8 Å². The molecule has 0 bridgehead atoms. The van der Waals surface area contributed by atoms with Gasteiger partial charge in [0, 0.05) is 17.7 Å². The molecule has 148 valence electrons. The number of nitrogens with zero attached hydrogens (tertiary/aromatic N) is 3. The number of benzene rings is 2. The largest absolute Gasteiger partial charge is 0.465 e. The molecule has 1 aromatic heterocycles. The molecule has 1 aliphatic heterocycles. The maximum Gasteiger partial charge on any atom is 0.413 e. The first kappa shape index (κ1) is 19.1. The van der Waals surface area contributed by atoms with E-state index in [9.17, 15) is 15.0 Å². The monoisotopic (exact) mass is 389 g/mol. The molecule has 0 saturated carbocycles. The van der Waals surface area contributed by atoms with Crippen LogP contribution in [0.1, 0.15) is 30.2 Å². The molecule has 1 unspecified atom stereocenters. The summed E-state index contributed by atoms with van der Waals surface area (Å²) in [6.45, 7) is 5.84. The van der Waals surface area contributed by atoms with Crippen LogP contribution in [0.25, 0.3) is 22.5 Å². The fourth-order valence-corrected chi connectivity index (χ4v) is 3.54. The van der Waals surface area contributed by atoms with Crippen molar-refractivity contribution >= 4 is 11.9 Å². The van der Waals surface area contributed by atoms with Crippen molar-refractivity contribution in [2.24, 2.45) is 0 Å². The van der Waals surface area contributed by atoms with Crippen LogP contribution in [0.15, 0.2) is 48.5 Å². The quantitative estimate of drug-likeness (QED) is 0.673. The Morgan fingerprint density at radius 3 is 1.90 bits per heavy atom. The third-order valence-corrected chi connectivity index (χ3v) is 5.35. The van der Waals surface area contributed by atoms with Gasteiger partial charge in [0.25, 0.3) is 0 Å². The Morgan fingerprint density at radius 1 is 0.931 bits per heavy atom. The number of hydrogen-bond donors (Lipinski definition) is 2. The van der Waals surface area contributed by atoms with Gasteiger partial charge in [-0.05, 0) is 27.2 Å². The molecule has 2 aromatic carbocycles. The molecule has 6 heteroatoms. The van der Waals surface area contributed by atoms with Crippen LogP contribution in [0.3, 0.4) is 0 Å². The number of anilines is 1. The summed E-state index contributed by atoms with van der Waals surface area (Å²) in [5.74, 6) is 0.195. The summed E-state index contributed by atoms with van der Waals surface area (Å²) < 4.78 is 0. The molecule has 1 atom stereocenters. The molecule has 4 rings (SSSR count). The first-order valence-corrected chi connectivity index (χ1v) is 9.56. The van der Waals surface area contributed by atoms with E-state index in [1.165, 1.54) is 0 Å². The summed E-state index contributed by atoms with van der Waals surface area (Å²) in [5.41, 5.74) is 4.21. The van der Waals surface area contributed by atoms with Crippen LogP contribution in [-0.4, -0.2) is 32.8 Å². The normalized spacial score (nSPS) is 18.4. The van der Waals surface area contributed by atoms with Crippen LogP contribution in [-0.2, 0) is 5.60 Å². The second-order valence-electron chi connectivity index (χ2n) is 7.78. The van der Waals surface area contributed by atoms with Gasteiger partial charge in [-0.2, -0.15) is 0 Å². The lowest BCUT2D eigenvalue weighted by molar-refractivity contribution is 0.0407. The van der Waals surface area contributed by atoms with E-state index in [4.69, 9.17) is 9.97 Å². The smallest absolute Gasteiger partial charge is 0.413 e. The van der Waals surface area contributed by atoms with Crippen molar-refractivity contribution in [1.29, 1.82) is 0 Å². The average Bonchev–Trinajstić information content (AvgIpc) is 2.68. The number of aromatic nitrogens is 2. The van der Waals surface area contributed by atoms with Gasteiger partial charge >= 0.3 is 6.09 Å². The van der Waals surface area contributed by atoms with E-state index in [1.54, 1.807) is 6.92 Å². The minimum absolute atomic E-state index is 0.168. The van der Waals surface area contributed by atoms with Crippen molar-refractivity contribution in [2.75, 3.05) is 11.4 Å². The van der Waals surface area contributed by atoms with Crippen LogP contribution >= 0.6 is 0 Å². The van der Waals surface area contributed by atoms with Crippen LogP contribution in [0.4, 0.5) is 10.6 Å². The molecular formula is C23H23N3O3. The Kier molecular flexibility index (Phi) is 4.59. The highest BCUT2D eigenvalue weighted by Crippen LogP contribution is 2.40. The Hall–Kier alpha value is -3.25. The predicted molar refractivity (Wildman–Crippen MR) is 112 cm³/mol. The highest BCUT2D eigenvalue weighted by Gasteiger charge is 2.39. The van der Waals surface area contributed by atoms with E-state index in [1.807, 2.05) is 62.4 Å². The molecule has 29 heavy (non-hydrogen) atoms. The van der Waals surface area contributed by atoms with Crippen molar-refractivity contribution < 1.29 is 15.0 Å². The molecule has 1 aliphatic rings. The first-order valence-electron chi connectivity index (χ1n) is 9.56. The fourth-order valence-electron chi connectivity index (χ4n) is 3.54. The minimum atomic E-state index is -1.25. The lowest BCUT2D eigenvalue weighted by Gasteiger charge is -2.35. The van der Waals surface area contributed by atoms with E-state index >= 15 is 0 Å². The molecule has 0 fully saturated rings. The fraction of sp³-hybridized carbons (Fsp3) is 0.261. The molecule has 0 aliphatic carbocycles. The highest BCUT2D eigenvalue weighted by molar-refractivity contribution is 5.88. The SMILES string of the molecule is Cc1ccc(-c2nc3c(nc2-c2ccc(C)cc2)C(C)(O)CCN3C(=O)O)cc1. The molecule has 0 saturated heterocycles. The van der Waals surface area contributed by atoms with E-state index in [2.05, 4.69) is 0 Å². The van der Waals surface area contributed by atoms with Crippen molar-refractivity contribution in [3.05, 3.63) is 65.4 Å². The number of rotatable bonds is 2. The summed E-state index contributed by atoms with van der Waals surface area (Å²) >= 11 is 0. The molecular weight excluding hydrogens is 366 g/mol. The minimum Gasteiger partial charge on any atom is -0.465 e. The standard InChI is InChI=1S/C23H23N3O3/c1-14-4-8-16(9-5-14)18-19(17-10-6-15(2)7-11-17)25-21-20(24-18)23(3,29)12-13-26(21)22(27)28/h4-11,29H,12-13H2,1-3H3,(H,27,28). The van der Waals surface area contributed by atoms with Gasteiger partial charge in [0.15, 0.2) is 5.82 Å². The third kappa shape index (κ3) is 3.47. The maximum atomic E-state index is 11.8. The van der Waals surface area contributed by atoms with Crippen LogP contribution in [0.5, 0.6) is 0 Å². The summed E-state index contributed by atoms with van der Waals surface area (Å²) in [7, 11) is 0. The summed E-state index contributed by atoms with van der Waals surface area (Å²) in [4.78, 5) is 22.5. The van der Waals surface area contributed by atoms with Crippen molar-refractivity contribution in [3.8, 4) is 22.5 Å². The van der Waals surface area contributed by atoms with E-state index in [-0.39, 0.29) is 24.5 Å². The molecule has 2 heterocycles. The molecule has 1 amide bonds. The third-order valence-electron chi connectivity index (χ3n) is 5.35.